The smallest absolute Gasteiger partial charge is 0.305 e. The van der Waals surface area contributed by atoms with Crippen LogP contribution < -0.4 is 0 Å². The molecular formula is C24H46O4. The lowest BCUT2D eigenvalue weighted by Gasteiger charge is -2.06. The van der Waals surface area contributed by atoms with Crippen molar-refractivity contribution in [1.82, 2.24) is 0 Å². The summed E-state index contributed by atoms with van der Waals surface area (Å²) in [5.41, 5.74) is 0. The molecule has 0 amide bonds. The minimum atomic E-state index is -0.194. The van der Waals surface area contributed by atoms with Gasteiger partial charge in [-0.3, -0.25) is 9.59 Å². The van der Waals surface area contributed by atoms with Crippen molar-refractivity contribution >= 4 is 11.9 Å². The van der Waals surface area contributed by atoms with Crippen molar-refractivity contribution in [3.8, 4) is 0 Å². The molecular weight excluding hydrogens is 352 g/mol. The Balaban J connectivity index is -0.000000194. The zero-order valence-electron chi connectivity index (χ0n) is 18.8. The van der Waals surface area contributed by atoms with Crippen LogP contribution in [0.2, 0.25) is 0 Å². The van der Waals surface area contributed by atoms with Gasteiger partial charge in [0.1, 0.15) is 13.2 Å². The minimum Gasteiger partial charge on any atom is -0.462 e. The van der Waals surface area contributed by atoms with Crippen LogP contribution in [0.1, 0.15) is 78.1 Å². The fraction of sp³-hybridized carbons (Fsp3) is 0.583. The van der Waals surface area contributed by atoms with Crippen LogP contribution in [0.5, 0.6) is 0 Å². The van der Waals surface area contributed by atoms with Gasteiger partial charge in [0.2, 0.25) is 0 Å². The number of carbonyl (C=O) groups is 2. The van der Waals surface area contributed by atoms with E-state index in [9.17, 15) is 9.59 Å². The number of hydrogen-bond donors (Lipinski definition) is 0. The maximum absolute atomic E-state index is 11.3. The van der Waals surface area contributed by atoms with Crippen LogP contribution in [0.3, 0.4) is 0 Å². The van der Waals surface area contributed by atoms with Crippen molar-refractivity contribution in [3.05, 3.63) is 52.6 Å². The molecule has 0 aliphatic carbocycles. The number of unbranched alkanes of at least 4 members (excludes halogenated alkanes) is 6. The number of rotatable bonds is 13. The van der Waals surface area contributed by atoms with Gasteiger partial charge in [-0.15, -0.1) is 52.6 Å². The highest BCUT2D eigenvalue weighted by atomic mass is 16.6. The molecule has 0 aromatic rings. The molecule has 0 aliphatic rings. The standard InChI is InChI=1S/C16H30O4.4C2H4/c1-3-5-7-9-11-15(17)19-13-14-20-16(18)12-10-8-6-4-2;4*1-2/h3-14H2,1-2H3;4*1-2H2. The fourth-order valence-electron chi connectivity index (χ4n) is 1.85. The van der Waals surface area contributed by atoms with Gasteiger partial charge >= 0.3 is 11.9 Å². The molecule has 0 rings (SSSR count). The third-order valence-electron chi connectivity index (χ3n) is 3.08. The molecule has 28 heavy (non-hydrogen) atoms. The first-order chi connectivity index (χ1) is 13.7. The van der Waals surface area contributed by atoms with Crippen molar-refractivity contribution in [2.75, 3.05) is 13.2 Å². The van der Waals surface area contributed by atoms with Crippen LogP contribution in [0.15, 0.2) is 52.6 Å². The molecule has 0 N–H and O–H groups in total. The highest BCUT2D eigenvalue weighted by molar-refractivity contribution is 5.70. The monoisotopic (exact) mass is 398 g/mol. The molecule has 0 unspecified atom stereocenters. The normalized spacial score (nSPS) is 7.93. The van der Waals surface area contributed by atoms with Crippen molar-refractivity contribution in [1.29, 1.82) is 0 Å². The van der Waals surface area contributed by atoms with E-state index >= 15 is 0 Å². The van der Waals surface area contributed by atoms with Gasteiger partial charge in [-0.05, 0) is 12.8 Å². The summed E-state index contributed by atoms with van der Waals surface area (Å²) in [4.78, 5) is 22.7. The van der Waals surface area contributed by atoms with Crippen molar-refractivity contribution < 1.29 is 19.1 Å². The Morgan fingerprint density at radius 3 is 1.07 bits per heavy atom. The van der Waals surface area contributed by atoms with E-state index in [0.717, 1.165) is 51.4 Å². The molecule has 0 saturated heterocycles. The summed E-state index contributed by atoms with van der Waals surface area (Å²) in [6.07, 6.45) is 9.44. The maximum atomic E-state index is 11.3. The predicted molar refractivity (Wildman–Crippen MR) is 124 cm³/mol. The van der Waals surface area contributed by atoms with Gasteiger partial charge in [-0.25, -0.2) is 0 Å². The summed E-state index contributed by atoms with van der Waals surface area (Å²) >= 11 is 0. The SMILES string of the molecule is C=C.C=C.C=C.C=C.CCCCCCC(=O)OCCOC(=O)CCCCCC. The third kappa shape index (κ3) is 43.9. The average Bonchev–Trinajstić information content (AvgIpc) is 2.77. The second-order valence-corrected chi connectivity index (χ2v) is 5.06. The first kappa shape index (κ1) is 36.8. The Morgan fingerprint density at radius 1 is 0.536 bits per heavy atom. The zero-order chi connectivity index (χ0) is 23.1. The summed E-state index contributed by atoms with van der Waals surface area (Å²) < 4.78 is 10.00. The van der Waals surface area contributed by atoms with Crippen molar-refractivity contribution in [2.45, 2.75) is 78.1 Å². The summed E-state index contributed by atoms with van der Waals surface area (Å²) in [5.74, 6) is -0.389. The molecule has 0 radical (unpaired) electrons. The van der Waals surface area contributed by atoms with E-state index in [1.165, 1.54) is 0 Å². The molecule has 0 atom stereocenters. The predicted octanol–water partition coefficient (Wildman–Crippen LogP) is 7.22. The van der Waals surface area contributed by atoms with Gasteiger partial charge in [0.25, 0.3) is 0 Å². The van der Waals surface area contributed by atoms with Crippen LogP contribution in [-0.4, -0.2) is 25.2 Å². The number of ether oxygens (including phenoxy) is 2. The Bertz CT molecular complexity index is 269. The fourth-order valence-corrected chi connectivity index (χ4v) is 1.85. The van der Waals surface area contributed by atoms with E-state index in [0.29, 0.717) is 12.8 Å². The van der Waals surface area contributed by atoms with Crippen molar-refractivity contribution in [2.24, 2.45) is 0 Å². The maximum Gasteiger partial charge on any atom is 0.305 e. The van der Waals surface area contributed by atoms with E-state index in [4.69, 9.17) is 9.47 Å². The summed E-state index contributed by atoms with van der Waals surface area (Å²) in [5, 5.41) is 0. The Kier molecular flexibility index (Phi) is 58.3. The number of carbonyl (C=O) groups excluding carboxylic acids is 2. The molecule has 0 heterocycles. The van der Waals surface area contributed by atoms with Crippen LogP contribution in [-0.2, 0) is 19.1 Å². The summed E-state index contributed by atoms with van der Waals surface area (Å²) in [6, 6.07) is 0. The van der Waals surface area contributed by atoms with E-state index in [-0.39, 0.29) is 25.2 Å². The van der Waals surface area contributed by atoms with E-state index in [1.54, 1.807) is 0 Å². The second kappa shape index (κ2) is 44.4. The Hall–Kier alpha value is -2.10. The quantitative estimate of drug-likeness (QED) is 0.187. The molecule has 4 nitrogen and oxygen atoms in total. The molecule has 4 heteroatoms. The van der Waals surface area contributed by atoms with Gasteiger partial charge < -0.3 is 9.47 Å². The summed E-state index contributed by atoms with van der Waals surface area (Å²) in [7, 11) is 0. The lowest BCUT2D eigenvalue weighted by molar-refractivity contribution is -0.152. The van der Waals surface area contributed by atoms with Crippen LogP contribution >= 0.6 is 0 Å². The Morgan fingerprint density at radius 2 is 0.821 bits per heavy atom. The van der Waals surface area contributed by atoms with Gasteiger partial charge in [0.05, 0.1) is 0 Å². The molecule has 166 valence electrons. The van der Waals surface area contributed by atoms with E-state index < -0.39 is 0 Å². The van der Waals surface area contributed by atoms with Gasteiger partial charge in [0, 0.05) is 12.8 Å². The molecule has 0 aromatic heterocycles. The number of hydrogen-bond acceptors (Lipinski definition) is 4. The molecule has 0 aromatic carbocycles. The molecule has 0 bridgehead atoms. The molecule has 0 spiro atoms. The number of esters is 2. The average molecular weight is 399 g/mol. The first-order valence-corrected chi connectivity index (χ1v) is 10.0. The zero-order valence-corrected chi connectivity index (χ0v) is 18.8. The molecule has 0 fully saturated rings. The summed E-state index contributed by atoms with van der Waals surface area (Å²) in [6.45, 7) is 28.6. The lowest BCUT2D eigenvalue weighted by Crippen LogP contribution is -2.13. The Labute approximate surface area is 175 Å². The van der Waals surface area contributed by atoms with Crippen LogP contribution in [0.4, 0.5) is 0 Å². The molecule has 0 aliphatic heterocycles. The van der Waals surface area contributed by atoms with Crippen LogP contribution in [0.25, 0.3) is 0 Å². The minimum absolute atomic E-state index is 0.174. The molecule has 0 saturated carbocycles. The van der Waals surface area contributed by atoms with Gasteiger partial charge in [-0.1, -0.05) is 52.4 Å². The van der Waals surface area contributed by atoms with Crippen molar-refractivity contribution in [3.63, 3.8) is 0 Å². The highest BCUT2D eigenvalue weighted by Crippen LogP contribution is 2.04. The third-order valence-corrected chi connectivity index (χ3v) is 3.08. The van der Waals surface area contributed by atoms with E-state index in [1.807, 2.05) is 0 Å². The van der Waals surface area contributed by atoms with Gasteiger partial charge in [0.15, 0.2) is 0 Å². The van der Waals surface area contributed by atoms with Crippen LogP contribution in [0, 0.1) is 0 Å². The topological polar surface area (TPSA) is 52.6 Å². The van der Waals surface area contributed by atoms with E-state index in [2.05, 4.69) is 66.5 Å². The van der Waals surface area contributed by atoms with Gasteiger partial charge in [-0.2, -0.15) is 0 Å². The largest absolute Gasteiger partial charge is 0.462 e. The highest BCUT2D eigenvalue weighted by Gasteiger charge is 2.05. The lowest BCUT2D eigenvalue weighted by atomic mass is 10.2. The first-order valence-electron chi connectivity index (χ1n) is 10.0. The second-order valence-electron chi connectivity index (χ2n) is 5.06.